The van der Waals surface area contributed by atoms with Crippen LogP contribution in [0.1, 0.15) is 16.7 Å². The van der Waals surface area contributed by atoms with E-state index in [-0.39, 0.29) is 12.4 Å². The number of benzene rings is 3. The normalized spacial score (nSPS) is 11.8. The number of fused-ring (bicyclic) bond motifs is 1. The Hall–Kier alpha value is -2.40. The van der Waals surface area contributed by atoms with Crippen LogP contribution in [-0.2, 0) is 19.7 Å². The van der Waals surface area contributed by atoms with Crippen molar-refractivity contribution in [2.45, 2.75) is 19.7 Å². The summed E-state index contributed by atoms with van der Waals surface area (Å²) in [4.78, 5) is 0. The lowest BCUT2D eigenvalue weighted by atomic mass is 10.1. The van der Waals surface area contributed by atoms with Crippen LogP contribution in [0.5, 0.6) is 17.2 Å². The number of nitrogens with one attached hydrogen (secondary N) is 1. The number of para-hydroxylation sites is 1. The number of hydrogen-bond acceptors (Lipinski definition) is 4. The highest BCUT2D eigenvalue weighted by Crippen LogP contribution is 2.32. The molecule has 0 saturated carbocycles. The molecule has 3 aromatic rings. The van der Waals surface area contributed by atoms with E-state index in [0.29, 0.717) is 19.9 Å². The van der Waals surface area contributed by atoms with Crippen LogP contribution in [0.3, 0.4) is 0 Å². The molecule has 0 radical (unpaired) electrons. The average molecular weight is 417 g/mol. The Labute approximate surface area is 175 Å². The van der Waals surface area contributed by atoms with Crippen LogP contribution >= 0.6 is 11.6 Å². The maximum atomic E-state index is 6.01. The van der Waals surface area contributed by atoms with Crippen LogP contribution in [0.2, 0.25) is 5.02 Å². The summed E-state index contributed by atoms with van der Waals surface area (Å²) in [5, 5.41) is 4.19. The molecule has 0 amide bonds. The molecule has 0 bridgehead atoms. The molecule has 1 aliphatic heterocycles. The quantitative estimate of drug-likeness (QED) is 0.638. The highest BCUT2D eigenvalue weighted by atomic mass is 35.5. The Bertz CT molecular complexity index is 916. The lowest BCUT2D eigenvalue weighted by molar-refractivity contribution is -0.00000719. The van der Waals surface area contributed by atoms with E-state index in [4.69, 9.17) is 25.8 Å². The van der Waals surface area contributed by atoms with Crippen molar-refractivity contribution in [2.24, 2.45) is 0 Å². The summed E-state index contributed by atoms with van der Waals surface area (Å²) in [7, 11) is 0. The SMILES string of the molecule is Clc1ccc(COc2ccccc2CNCc2ccc3c(c2)OCO3)cc1.[Cl-]. The third-order valence-electron chi connectivity index (χ3n) is 4.36. The Kier molecular flexibility index (Phi) is 7.04. The first-order valence-electron chi connectivity index (χ1n) is 8.82. The van der Waals surface area contributed by atoms with Crippen LogP contribution in [0.25, 0.3) is 0 Å². The summed E-state index contributed by atoms with van der Waals surface area (Å²) in [5.41, 5.74) is 3.36. The monoisotopic (exact) mass is 416 g/mol. The van der Waals surface area contributed by atoms with Crippen molar-refractivity contribution in [1.82, 2.24) is 5.32 Å². The van der Waals surface area contributed by atoms with Crippen molar-refractivity contribution in [3.05, 3.63) is 88.4 Å². The lowest BCUT2D eigenvalue weighted by Crippen LogP contribution is -3.00. The van der Waals surface area contributed by atoms with Crippen molar-refractivity contribution in [1.29, 1.82) is 0 Å². The zero-order valence-electron chi connectivity index (χ0n) is 15.2. The van der Waals surface area contributed by atoms with Gasteiger partial charge >= 0.3 is 0 Å². The highest BCUT2D eigenvalue weighted by molar-refractivity contribution is 6.30. The van der Waals surface area contributed by atoms with Crippen molar-refractivity contribution in [3.8, 4) is 17.2 Å². The van der Waals surface area contributed by atoms with Gasteiger partial charge < -0.3 is 31.9 Å². The third-order valence-corrected chi connectivity index (χ3v) is 4.61. The van der Waals surface area contributed by atoms with Gasteiger partial charge in [-0.1, -0.05) is 48.0 Å². The van der Waals surface area contributed by atoms with Gasteiger partial charge in [-0.3, -0.25) is 0 Å². The molecule has 0 aromatic heterocycles. The topological polar surface area (TPSA) is 39.7 Å². The van der Waals surface area contributed by atoms with Gasteiger partial charge in [0.1, 0.15) is 12.4 Å². The minimum Gasteiger partial charge on any atom is -1.00 e. The maximum absolute atomic E-state index is 6.01. The number of hydrogen-bond donors (Lipinski definition) is 1. The predicted octanol–water partition coefficient (Wildman–Crippen LogP) is 1.94. The number of halogens is 2. The summed E-state index contributed by atoms with van der Waals surface area (Å²) in [6.07, 6.45) is 0. The molecule has 1 N–H and O–H groups in total. The molecule has 0 unspecified atom stereocenters. The smallest absolute Gasteiger partial charge is 0.231 e. The van der Waals surface area contributed by atoms with Crippen LogP contribution in [0.4, 0.5) is 0 Å². The molecule has 28 heavy (non-hydrogen) atoms. The third kappa shape index (κ3) is 5.10. The van der Waals surface area contributed by atoms with Gasteiger partial charge in [0, 0.05) is 23.7 Å². The van der Waals surface area contributed by atoms with E-state index < -0.39 is 0 Å². The first kappa shape index (κ1) is 20.3. The number of ether oxygens (including phenoxy) is 3. The second kappa shape index (κ2) is 9.69. The fraction of sp³-hybridized carbons (Fsp3) is 0.182. The molecule has 6 heteroatoms. The first-order valence-corrected chi connectivity index (χ1v) is 9.20. The van der Waals surface area contributed by atoms with Gasteiger partial charge in [-0.05, 0) is 41.5 Å². The summed E-state index contributed by atoms with van der Waals surface area (Å²) < 4.78 is 16.8. The fourth-order valence-electron chi connectivity index (χ4n) is 2.92. The summed E-state index contributed by atoms with van der Waals surface area (Å²) in [6, 6.07) is 21.8. The molecule has 0 atom stereocenters. The van der Waals surface area contributed by atoms with Crippen molar-refractivity contribution < 1.29 is 26.6 Å². The lowest BCUT2D eigenvalue weighted by Gasteiger charge is -2.12. The molecule has 4 rings (SSSR count). The van der Waals surface area contributed by atoms with Gasteiger partial charge in [0.25, 0.3) is 0 Å². The molecule has 146 valence electrons. The van der Waals surface area contributed by atoms with Crippen molar-refractivity contribution >= 4 is 11.6 Å². The van der Waals surface area contributed by atoms with Gasteiger partial charge in [0.2, 0.25) is 6.79 Å². The standard InChI is InChI=1S/C22H20ClNO3.ClH/c23-19-8-5-16(6-9-19)14-25-20-4-2-1-3-18(20)13-24-12-17-7-10-21-22(11-17)27-15-26-21;/h1-11,24H,12-15H2;1H/p-1. The first-order chi connectivity index (χ1) is 13.3. The van der Waals surface area contributed by atoms with Gasteiger partial charge in [-0.2, -0.15) is 0 Å². The largest absolute Gasteiger partial charge is 1.00 e. The molecule has 4 nitrogen and oxygen atoms in total. The minimum atomic E-state index is 0. The van der Waals surface area contributed by atoms with E-state index >= 15 is 0 Å². The molecule has 0 spiro atoms. The van der Waals surface area contributed by atoms with Crippen LogP contribution < -0.4 is 31.9 Å². The van der Waals surface area contributed by atoms with E-state index in [1.165, 1.54) is 0 Å². The predicted molar refractivity (Wildman–Crippen MR) is 105 cm³/mol. The van der Waals surface area contributed by atoms with Crippen LogP contribution in [0, 0.1) is 0 Å². The van der Waals surface area contributed by atoms with Crippen LogP contribution in [-0.4, -0.2) is 6.79 Å². The molecule has 1 heterocycles. The molecule has 0 aliphatic carbocycles. The summed E-state index contributed by atoms with van der Waals surface area (Å²) in [5.74, 6) is 2.49. The second-order valence-corrected chi connectivity index (χ2v) is 6.75. The molecule has 0 fully saturated rings. The van der Waals surface area contributed by atoms with Crippen molar-refractivity contribution in [3.63, 3.8) is 0 Å². The Morgan fingerprint density at radius 1 is 0.857 bits per heavy atom. The van der Waals surface area contributed by atoms with E-state index in [1.54, 1.807) is 0 Å². The summed E-state index contributed by atoms with van der Waals surface area (Å²) in [6.45, 7) is 2.26. The highest BCUT2D eigenvalue weighted by Gasteiger charge is 2.13. The van der Waals surface area contributed by atoms with Crippen molar-refractivity contribution in [2.75, 3.05) is 6.79 Å². The van der Waals surface area contributed by atoms with Gasteiger partial charge in [0.05, 0.1) is 0 Å². The molecular weight excluding hydrogens is 397 g/mol. The van der Waals surface area contributed by atoms with E-state index in [1.807, 2.05) is 60.7 Å². The molecule has 0 saturated heterocycles. The Morgan fingerprint density at radius 2 is 1.61 bits per heavy atom. The van der Waals surface area contributed by atoms with Gasteiger partial charge in [0.15, 0.2) is 11.5 Å². The maximum Gasteiger partial charge on any atom is 0.231 e. The average Bonchev–Trinajstić information content (AvgIpc) is 3.16. The minimum absolute atomic E-state index is 0. The molecule has 3 aromatic carbocycles. The van der Waals surface area contributed by atoms with Crippen LogP contribution in [0.15, 0.2) is 66.7 Å². The zero-order chi connectivity index (χ0) is 18.5. The summed E-state index contributed by atoms with van der Waals surface area (Å²) >= 11 is 5.93. The van der Waals surface area contributed by atoms with E-state index in [9.17, 15) is 0 Å². The van der Waals surface area contributed by atoms with Gasteiger partial charge in [-0.15, -0.1) is 0 Å². The molecule has 1 aliphatic rings. The Balaban J connectivity index is 0.00000225. The van der Waals surface area contributed by atoms with E-state index in [2.05, 4.69) is 11.4 Å². The van der Waals surface area contributed by atoms with Gasteiger partial charge in [-0.25, -0.2) is 0 Å². The second-order valence-electron chi connectivity index (χ2n) is 6.31. The molecular formula is C22H20Cl2NO3-. The zero-order valence-corrected chi connectivity index (χ0v) is 16.7. The van der Waals surface area contributed by atoms with E-state index in [0.717, 1.165) is 45.5 Å². The fourth-order valence-corrected chi connectivity index (χ4v) is 3.05. The number of rotatable bonds is 7. The Morgan fingerprint density at radius 3 is 2.46 bits per heavy atom.